The second kappa shape index (κ2) is 10.5. The van der Waals surface area contributed by atoms with Crippen LogP contribution >= 0.6 is 0 Å². The summed E-state index contributed by atoms with van der Waals surface area (Å²) in [6.07, 6.45) is 12.7. The van der Waals surface area contributed by atoms with Crippen LogP contribution in [0.4, 0.5) is 17.2 Å². The number of anilines is 3. The number of nitriles is 1. The minimum atomic E-state index is 0.372. The number of fused-ring (bicyclic) bond motifs is 3. The Morgan fingerprint density at radius 3 is 2.76 bits per heavy atom. The highest BCUT2D eigenvalue weighted by atomic mass is 16.5. The number of ether oxygens (including phenoxy) is 1. The van der Waals surface area contributed by atoms with Crippen LogP contribution in [0.1, 0.15) is 69.4 Å². The number of nitrogens with zero attached hydrogens (tertiary/aromatic N) is 4. The third-order valence-corrected chi connectivity index (χ3v) is 8.39. The van der Waals surface area contributed by atoms with Crippen molar-refractivity contribution in [3.8, 4) is 11.8 Å². The lowest BCUT2D eigenvalue weighted by Gasteiger charge is -2.40. The van der Waals surface area contributed by atoms with Gasteiger partial charge in [0.05, 0.1) is 24.0 Å². The van der Waals surface area contributed by atoms with Gasteiger partial charge in [0.1, 0.15) is 23.2 Å². The van der Waals surface area contributed by atoms with Gasteiger partial charge in [0.2, 0.25) is 0 Å². The molecule has 2 N–H and O–H groups in total. The van der Waals surface area contributed by atoms with E-state index < -0.39 is 0 Å². The normalized spacial score (nSPS) is 22.6. The van der Waals surface area contributed by atoms with Crippen molar-refractivity contribution in [2.24, 2.45) is 16.8 Å². The molecular weight excluding hydrogens is 460 g/mol. The van der Waals surface area contributed by atoms with Crippen molar-refractivity contribution < 1.29 is 4.74 Å². The molecule has 2 atom stereocenters. The number of aromatic nitrogens is 2. The number of aliphatic imine (C=N–C) groups is 1. The van der Waals surface area contributed by atoms with E-state index in [2.05, 4.69) is 21.8 Å². The molecule has 1 aromatic carbocycles. The standard InChI is InChI=1S/C30H36N6O/c1-2-37-24-11-8-22(9-12-24)34-30-25-17-21-16-23(32-19-20-6-4-3-5-7-20)10-13-27(21)35-29(25)26(18-31)28-14-15-33-36(28)30/h8-9,11-12,14-15,20-21,27,34-35H,2-7,10,13,16-17,19H2,1H3/t21?,27-/m0/s1. The first kappa shape index (κ1) is 23.8. The van der Waals surface area contributed by atoms with Crippen LogP contribution in [-0.4, -0.2) is 34.5 Å². The minimum Gasteiger partial charge on any atom is -0.494 e. The Balaban J connectivity index is 1.30. The molecular formula is C30H36N6O. The van der Waals surface area contributed by atoms with E-state index in [-0.39, 0.29) is 0 Å². The molecule has 7 heteroatoms. The van der Waals surface area contributed by atoms with Crippen LogP contribution in [0.25, 0.3) is 5.52 Å². The van der Waals surface area contributed by atoms with E-state index in [4.69, 9.17) is 9.73 Å². The monoisotopic (exact) mass is 496 g/mol. The van der Waals surface area contributed by atoms with Crippen LogP contribution in [0.3, 0.4) is 0 Å². The fraction of sp³-hybridized carbons (Fsp3) is 0.500. The molecule has 1 unspecified atom stereocenters. The molecule has 3 aliphatic rings. The lowest BCUT2D eigenvalue weighted by molar-refractivity contribution is 0.340. The zero-order valence-electron chi connectivity index (χ0n) is 21.7. The molecule has 0 spiro atoms. The van der Waals surface area contributed by atoms with Crippen LogP contribution in [0.5, 0.6) is 5.75 Å². The molecule has 2 aliphatic carbocycles. The van der Waals surface area contributed by atoms with E-state index in [1.54, 1.807) is 6.20 Å². The van der Waals surface area contributed by atoms with Gasteiger partial charge < -0.3 is 15.4 Å². The molecule has 7 nitrogen and oxygen atoms in total. The molecule has 0 radical (unpaired) electrons. The summed E-state index contributed by atoms with van der Waals surface area (Å²) >= 11 is 0. The molecule has 2 aromatic heterocycles. The van der Waals surface area contributed by atoms with Gasteiger partial charge in [-0.1, -0.05) is 19.3 Å². The molecule has 2 saturated carbocycles. The van der Waals surface area contributed by atoms with Gasteiger partial charge in [-0.15, -0.1) is 0 Å². The Hall–Kier alpha value is -3.53. The van der Waals surface area contributed by atoms with Gasteiger partial charge in [0, 0.05) is 29.5 Å². The van der Waals surface area contributed by atoms with Crippen LogP contribution in [0, 0.1) is 23.2 Å². The average molecular weight is 497 g/mol. The van der Waals surface area contributed by atoms with E-state index in [0.29, 0.717) is 24.1 Å². The molecule has 3 aromatic rings. The van der Waals surface area contributed by atoms with Gasteiger partial charge >= 0.3 is 0 Å². The van der Waals surface area contributed by atoms with Gasteiger partial charge in [-0.05, 0) is 87.6 Å². The van der Waals surface area contributed by atoms with Gasteiger partial charge in [-0.3, -0.25) is 4.99 Å². The minimum absolute atomic E-state index is 0.372. The quantitative estimate of drug-likeness (QED) is 0.406. The summed E-state index contributed by atoms with van der Waals surface area (Å²) in [6, 6.07) is 12.8. The Morgan fingerprint density at radius 1 is 1.14 bits per heavy atom. The molecule has 0 bridgehead atoms. The van der Waals surface area contributed by atoms with Crippen LogP contribution in [0.2, 0.25) is 0 Å². The molecule has 192 valence electrons. The summed E-state index contributed by atoms with van der Waals surface area (Å²) in [5, 5.41) is 22.1. The van der Waals surface area contributed by atoms with Crippen molar-refractivity contribution in [1.29, 1.82) is 5.26 Å². The summed E-state index contributed by atoms with van der Waals surface area (Å²) < 4.78 is 7.50. The highest BCUT2D eigenvalue weighted by Crippen LogP contribution is 2.43. The van der Waals surface area contributed by atoms with E-state index in [9.17, 15) is 5.26 Å². The molecule has 1 aliphatic heterocycles. The smallest absolute Gasteiger partial charge is 0.137 e. The second-order valence-corrected chi connectivity index (χ2v) is 10.8. The van der Waals surface area contributed by atoms with Gasteiger partial charge in [-0.25, -0.2) is 4.52 Å². The molecule has 6 rings (SSSR count). The van der Waals surface area contributed by atoms with Crippen molar-refractivity contribution in [3.63, 3.8) is 0 Å². The van der Waals surface area contributed by atoms with Crippen molar-refractivity contribution in [1.82, 2.24) is 9.61 Å². The van der Waals surface area contributed by atoms with Gasteiger partial charge in [0.15, 0.2) is 0 Å². The predicted molar refractivity (Wildman–Crippen MR) is 148 cm³/mol. The molecule has 0 amide bonds. The van der Waals surface area contributed by atoms with Crippen LogP contribution in [0.15, 0.2) is 41.5 Å². The number of hydrogen-bond acceptors (Lipinski definition) is 6. The van der Waals surface area contributed by atoms with E-state index in [1.165, 1.54) is 37.8 Å². The second-order valence-electron chi connectivity index (χ2n) is 10.8. The molecule has 2 fully saturated rings. The SMILES string of the molecule is CCOc1ccc(Nc2c3c(c(C#N)c4ccnn24)N[C@H]2CCC(=NCC4CCCCC4)CC2C3)cc1. The molecule has 3 heterocycles. The topological polar surface area (TPSA) is 86.7 Å². The number of pyridine rings is 1. The van der Waals surface area contributed by atoms with E-state index >= 15 is 0 Å². The largest absolute Gasteiger partial charge is 0.494 e. The van der Waals surface area contributed by atoms with E-state index in [0.717, 1.165) is 72.2 Å². The van der Waals surface area contributed by atoms with Crippen molar-refractivity contribution >= 4 is 28.4 Å². The Labute approximate surface area is 218 Å². The lowest BCUT2D eigenvalue weighted by atomic mass is 9.76. The average Bonchev–Trinajstić information content (AvgIpc) is 3.42. The maximum atomic E-state index is 10.1. The first-order valence-electron chi connectivity index (χ1n) is 13.9. The summed E-state index contributed by atoms with van der Waals surface area (Å²) in [5.74, 6) is 3.02. The zero-order valence-corrected chi connectivity index (χ0v) is 21.7. The molecule has 37 heavy (non-hydrogen) atoms. The fourth-order valence-electron chi connectivity index (χ4n) is 6.46. The highest BCUT2D eigenvalue weighted by Gasteiger charge is 2.36. The van der Waals surface area contributed by atoms with Crippen molar-refractivity contribution in [2.45, 2.75) is 70.8 Å². The third-order valence-electron chi connectivity index (χ3n) is 8.39. The Kier molecular flexibility index (Phi) is 6.73. The third kappa shape index (κ3) is 4.77. The maximum Gasteiger partial charge on any atom is 0.137 e. The van der Waals surface area contributed by atoms with Crippen LogP contribution in [-0.2, 0) is 6.42 Å². The number of hydrogen-bond donors (Lipinski definition) is 2. The number of benzene rings is 1. The highest BCUT2D eigenvalue weighted by molar-refractivity contribution is 5.88. The Bertz CT molecular complexity index is 1330. The summed E-state index contributed by atoms with van der Waals surface area (Å²) in [4.78, 5) is 5.13. The first-order chi connectivity index (χ1) is 18.2. The number of rotatable bonds is 6. The predicted octanol–water partition coefficient (Wildman–Crippen LogP) is 6.51. The Morgan fingerprint density at radius 2 is 1.97 bits per heavy atom. The summed E-state index contributed by atoms with van der Waals surface area (Å²) in [7, 11) is 0. The first-order valence-corrected chi connectivity index (χ1v) is 13.9. The van der Waals surface area contributed by atoms with Gasteiger partial charge in [-0.2, -0.15) is 10.4 Å². The summed E-state index contributed by atoms with van der Waals surface area (Å²) in [5.41, 5.74) is 5.96. The van der Waals surface area contributed by atoms with Crippen molar-refractivity contribution in [3.05, 3.63) is 47.7 Å². The fourth-order valence-corrected chi connectivity index (χ4v) is 6.46. The molecule has 0 saturated heterocycles. The van der Waals surface area contributed by atoms with E-state index in [1.807, 2.05) is 41.8 Å². The maximum absolute atomic E-state index is 10.1. The van der Waals surface area contributed by atoms with Gasteiger partial charge in [0.25, 0.3) is 0 Å². The summed E-state index contributed by atoms with van der Waals surface area (Å²) in [6.45, 7) is 3.64. The van der Waals surface area contributed by atoms with Crippen LogP contribution < -0.4 is 15.4 Å². The zero-order chi connectivity index (χ0) is 25.2. The number of nitrogens with one attached hydrogen (secondary N) is 2. The van der Waals surface area contributed by atoms with Crippen molar-refractivity contribution in [2.75, 3.05) is 23.8 Å². The lowest BCUT2D eigenvalue weighted by Crippen LogP contribution is -2.41.